The fourth-order valence-electron chi connectivity index (χ4n) is 2.68. The maximum absolute atomic E-state index is 12.8. The Hall–Kier alpha value is -1.31. The third-order valence-electron chi connectivity index (χ3n) is 3.73. The smallest absolute Gasteiger partial charge is 0.394 e. The van der Waals surface area contributed by atoms with Gasteiger partial charge in [0, 0.05) is 13.3 Å². The molecule has 0 spiro atoms. The van der Waals surface area contributed by atoms with Crippen LogP contribution in [-0.4, -0.2) is 91.3 Å². The van der Waals surface area contributed by atoms with Gasteiger partial charge in [0.15, 0.2) is 5.79 Å². The zero-order valence-electron chi connectivity index (χ0n) is 13.3. The predicted octanol–water partition coefficient (Wildman–Crippen LogP) is -2.14. The number of hydrogen-bond donors (Lipinski definition) is 5. The predicted molar refractivity (Wildman–Crippen MR) is 72.6 cm³/mol. The van der Waals surface area contributed by atoms with Crippen LogP contribution in [0, 0.1) is 0 Å². The Morgan fingerprint density at radius 2 is 1.88 bits per heavy atom. The fraction of sp³-hybridized carbons (Fsp3) is 0.846. The van der Waals surface area contributed by atoms with E-state index in [0.717, 1.165) is 6.92 Å². The van der Waals surface area contributed by atoms with Gasteiger partial charge >= 0.3 is 12.1 Å². The Balaban J connectivity index is 3.36. The van der Waals surface area contributed by atoms with Crippen LogP contribution in [0.2, 0.25) is 0 Å². The van der Waals surface area contributed by atoms with Crippen LogP contribution in [0.15, 0.2) is 0 Å². The molecule has 1 aliphatic rings. The average molecular weight is 375 g/mol. The molecule has 6 atom stereocenters. The highest BCUT2D eigenvalue weighted by Gasteiger charge is 2.55. The molecule has 0 unspecified atom stereocenters. The first-order chi connectivity index (χ1) is 11.2. The van der Waals surface area contributed by atoms with E-state index in [1.165, 1.54) is 0 Å². The SMILES string of the molecule is CC(=O)N(C(=O)C(F)(F)F)[C@H]1[C@H]([C@H](O)[C@H](O)CO)O[C@@](C)(O)C[C@@H]1O. The summed E-state index contributed by atoms with van der Waals surface area (Å²) >= 11 is 0. The molecular weight excluding hydrogens is 355 g/mol. The molecule has 12 heteroatoms. The van der Waals surface area contributed by atoms with Gasteiger partial charge in [-0.3, -0.25) is 14.5 Å². The second-order valence-electron chi connectivity index (χ2n) is 5.95. The molecule has 1 rings (SSSR count). The molecule has 0 aromatic rings. The van der Waals surface area contributed by atoms with Gasteiger partial charge in [-0.15, -0.1) is 0 Å². The molecular formula is C13H20F3NO8. The molecule has 1 heterocycles. The second-order valence-corrected chi connectivity index (χ2v) is 5.95. The normalized spacial score (nSPS) is 32.8. The summed E-state index contributed by atoms with van der Waals surface area (Å²) in [6, 6.07) is -2.05. The summed E-state index contributed by atoms with van der Waals surface area (Å²) < 4.78 is 43.3. The van der Waals surface area contributed by atoms with Crippen LogP contribution < -0.4 is 0 Å². The Labute approximate surface area is 140 Å². The topological polar surface area (TPSA) is 148 Å². The van der Waals surface area contributed by atoms with E-state index in [1.54, 1.807) is 0 Å². The van der Waals surface area contributed by atoms with Crippen molar-refractivity contribution < 1.29 is 53.0 Å². The van der Waals surface area contributed by atoms with Gasteiger partial charge in [0.1, 0.15) is 18.3 Å². The van der Waals surface area contributed by atoms with E-state index in [0.29, 0.717) is 6.92 Å². The van der Waals surface area contributed by atoms with Gasteiger partial charge in [0.2, 0.25) is 5.91 Å². The summed E-state index contributed by atoms with van der Waals surface area (Å²) in [5.41, 5.74) is 0. The number of alkyl halides is 3. The minimum atomic E-state index is -5.46. The summed E-state index contributed by atoms with van der Waals surface area (Å²) in [5.74, 6) is -6.13. The number of nitrogens with zero attached hydrogens (tertiary/aromatic N) is 1. The Kier molecular flexibility index (Phi) is 6.53. The summed E-state index contributed by atoms with van der Waals surface area (Å²) in [6.45, 7) is 0.634. The molecule has 0 saturated carbocycles. The molecule has 1 fully saturated rings. The van der Waals surface area contributed by atoms with Crippen LogP contribution in [0.4, 0.5) is 13.2 Å². The van der Waals surface area contributed by atoms with E-state index in [2.05, 4.69) is 0 Å². The number of ether oxygens (including phenoxy) is 1. The molecule has 146 valence electrons. The van der Waals surface area contributed by atoms with Crippen molar-refractivity contribution in [1.82, 2.24) is 4.90 Å². The first kappa shape index (κ1) is 21.7. The molecule has 2 amide bonds. The number of imide groups is 1. The second kappa shape index (κ2) is 7.51. The molecule has 0 aromatic heterocycles. The molecule has 0 bridgehead atoms. The van der Waals surface area contributed by atoms with Crippen LogP contribution in [0.3, 0.4) is 0 Å². The third kappa shape index (κ3) is 4.86. The first-order valence-electron chi connectivity index (χ1n) is 7.19. The Morgan fingerprint density at radius 1 is 1.36 bits per heavy atom. The largest absolute Gasteiger partial charge is 0.471 e. The summed E-state index contributed by atoms with van der Waals surface area (Å²) in [6.07, 6.45) is -14.1. The molecule has 5 N–H and O–H groups in total. The van der Waals surface area contributed by atoms with E-state index >= 15 is 0 Å². The number of amides is 2. The lowest BCUT2D eigenvalue weighted by Gasteiger charge is -2.48. The fourth-order valence-corrected chi connectivity index (χ4v) is 2.68. The number of carbonyl (C=O) groups is 2. The van der Waals surface area contributed by atoms with E-state index in [4.69, 9.17) is 9.84 Å². The maximum atomic E-state index is 12.8. The highest BCUT2D eigenvalue weighted by molar-refractivity contribution is 5.97. The van der Waals surface area contributed by atoms with Gasteiger partial charge in [-0.1, -0.05) is 0 Å². The third-order valence-corrected chi connectivity index (χ3v) is 3.73. The average Bonchev–Trinajstić information content (AvgIpc) is 2.45. The highest BCUT2D eigenvalue weighted by atomic mass is 19.4. The van der Waals surface area contributed by atoms with Crippen molar-refractivity contribution in [2.45, 2.75) is 62.7 Å². The van der Waals surface area contributed by atoms with Gasteiger partial charge in [0.05, 0.1) is 18.8 Å². The highest BCUT2D eigenvalue weighted by Crippen LogP contribution is 2.34. The number of rotatable bonds is 4. The molecule has 1 saturated heterocycles. The van der Waals surface area contributed by atoms with Gasteiger partial charge in [-0.2, -0.15) is 13.2 Å². The van der Waals surface area contributed by atoms with Crippen LogP contribution in [0.25, 0.3) is 0 Å². The van der Waals surface area contributed by atoms with Gasteiger partial charge in [-0.05, 0) is 6.92 Å². The number of carbonyl (C=O) groups excluding carboxylic acids is 2. The summed E-state index contributed by atoms with van der Waals surface area (Å²) in [5, 5.41) is 48.4. The van der Waals surface area contributed by atoms with Crippen molar-refractivity contribution in [3.05, 3.63) is 0 Å². The molecule has 0 radical (unpaired) electrons. The molecule has 1 aliphatic heterocycles. The molecule has 9 nitrogen and oxygen atoms in total. The van der Waals surface area contributed by atoms with Crippen molar-refractivity contribution in [2.75, 3.05) is 6.61 Å². The Morgan fingerprint density at radius 3 is 2.28 bits per heavy atom. The number of hydrogen-bond acceptors (Lipinski definition) is 8. The Bertz CT molecular complexity index is 512. The quantitative estimate of drug-likeness (QED) is 0.374. The van der Waals surface area contributed by atoms with Crippen molar-refractivity contribution >= 4 is 11.8 Å². The summed E-state index contributed by atoms with van der Waals surface area (Å²) in [7, 11) is 0. The van der Waals surface area contributed by atoms with E-state index in [1.807, 2.05) is 0 Å². The van der Waals surface area contributed by atoms with Crippen molar-refractivity contribution in [2.24, 2.45) is 0 Å². The molecule has 0 aliphatic carbocycles. The molecule has 0 aromatic carbocycles. The van der Waals surface area contributed by atoms with E-state index in [-0.39, 0.29) is 4.90 Å². The van der Waals surface area contributed by atoms with Crippen LogP contribution in [0.1, 0.15) is 20.3 Å². The lowest BCUT2D eigenvalue weighted by atomic mass is 9.88. The lowest BCUT2D eigenvalue weighted by Crippen LogP contribution is -2.68. The van der Waals surface area contributed by atoms with Gasteiger partial charge in [0.25, 0.3) is 0 Å². The molecule has 25 heavy (non-hydrogen) atoms. The van der Waals surface area contributed by atoms with Crippen LogP contribution in [-0.2, 0) is 14.3 Å². The maximum Gasteiger partial charge on any atom is 0.471 e. The van der Waals surface area contributed by atoms with Crippen molar-refractivity contribution in [3.8, 4) is 0 Å². The van der Waals surface area contributed by atoms with Crippen molar-refractivity contribution in [1.29, 1.82) is 0 Å². The minimum Gasteiger partial charge on any atom is -0.394 e. The number of aliphatic hydroxyl groups excluding tert-OH is 4. The summed E-state index contributed by atoms with van der Waals surface area (Å²) in [4.78, 5) is 22.9. The van der Waals surface area contributed by atoms with Gasteiger partial charge in [-0.25, -0.2) is 0 Å². The zero-order chi connectivity index (χ0) is 19.7. The van der Waals surface area contributed by atoms with Crippen molar-refractivity contribution in [3.63, 3.8) is 0 Å². The standard InChI is InChI=1S/C13H20F3NO8/c1-5(19)17(11(23)13(14,15)16)8-6(20)3-12(2,24)25-10(8)9(22)7(21)4-18/h6-10,18,20-22,24H,3-4H2,1-2H3/t6-,7+,8+,9+,10+,12+/m0/s1. The van der Waals surface area contributed by atoms with Gasteiger partial charge < -0.3 is 30.3 Å². The monoisotopic (exact) mass is 375 g/mol. The van der Waals surface area contributed by atoms with E-state index in [9.17, 15) is 43.2 Å². The van der Waals surface area contributed by atoms with Crippen LogP contribution >= 0.6 is 0 Å². The number of halogens is 3. The minimum absolute atomic E-state index is 0.335. The lowest BCUT2D eigenvalue weighted by molar-refractivity contribution is -0.302. The zero-order valence-corrected chi connectivity index (χ0v) is 13.3. The van der Waals surface area contributed by atoms with Crippen LogP contribution in [0.5, 0.6) is 0 Å². The first-order valence-corrected chi connectivity index (χ1v) is 7.19. The van der Waals surface area contributed by atoms with E-state index < -0.39 is 67.3 Å². The number of aliphatic hydroxyl groups is 5.